The first-order valence-corrected chi connectivity index (χ1v) is 5.18. The van der Waals surface area contributed by atoms with Gasteiger partial charge in [0.15, 0.2) is 5.78 Å². The van der Waals surface area contributed by atoms with Crippen LogP contribution in [0.3, 0.4) is 0 Å². The summed E-state index contributed by atoms with van der Waals surface area (Å²) in [6.07, 6.45) is -0.420. The Labute approximate surface area is 93.8 Å². The number of likely N-dealkylation sites (tertiary alicyclic amines) is 1. The number of carbonyl (C=O) groups excluding carboxylic acids is 2. The van der Waals surface area contributed by atoms with Crippen LogP contribution in [-0.4, -0.2) is 29.4 Å². The van der Waals surface area contributed by atoms with Crippen LogP contribution in [0.4, 0.5) is 4.79 Å². The number of carbonyl (C=O) groups is 2. The van der Waals surface area contributed by atoms with E-state index in [4.69, 9.17) is 4.74 Å². The number of hydrogen-bond donors (Lipinski definition) is 0. The Morgan fingerprint density at radius 1 is 1.44 bits per heavy atom. The summed E-state index contributed by atoms with van der Waals surface area (Å²) in [4.78, 5) is 23.9. The predicted octanol–water partition coefficient (Wildman–Crippen LogP) is 1.60. The molecule has 1 aliphatic heterocycles. The number of Topliss-reactive ketones (excluding diaryl/α,β-unsaturated/α-hetero) is 1. The molecule has 0 radical (unpaired) electrons. The van der Waals surface area contributed by atoms with Gasteiger partial charge in [0.05, 0.1) is 12.6 Å². The van der Waals surface area contributed by atoms with E-state index in [1.807, 2.05) is 30.3 Å². The largest absolute Gasteiger partial charge is 0.445 e. The van der Waals surface area contributed by atoms with Crippen molar-refractivity contribution in [1.29, 1.82) is 0 Å². The van der Waals surface area contributed by atoms with Gasteiger partial charge in [0.2, 0.25) is 0 Å². The molecule has 1 aliphatic rings. The third kappa shape index (κ3) is 2.05. The van der Waals surface area contributed by atoms with E-state index in [1.54, 1.807) is 6.92 Å². The average Bonchev–Trinajstić information content (AvgIpc) is 2.33. The molecule has 1 aromatic carbocycles. The lowest BCUT2D eigenvalue weighted by Crippen LogP contribution is -2.57. The molecule has 4 heteroatoms. The summed E-state index contributed by atoms with van der Waals surface area (Å²) >= 11 is 0. The zero-order chi connectivity index (χ0) is 11.5. The molecule has 0 N–H and O–H groups in total. The molecule has 1 atom stereocenters. The Bertz CT molecular complexity index is 402. The van der Waals surface area contributed by atoms with Crippen molar-refractivity contribution < 1.29 is 14.3 Å². The molecule has 0 saturated carbocycles. The summed E-state index contributed by atoms with van der Waals surface area (Å²) < 4.78 is 5.09. The minimum atomic E-state index is -0.420. The Kier molecular flexibility index (Phi) is 2.90. The molecule has 2 rings (SSSR count). The lowest BCUT2D eigenvalue weighted by molar-refractivity contribution is -0.133. The summed E-state index contributed by atoms with van der Waals surface area (Å²) in [5, 5.41) is 0. The number of amides is 1. The van der Waals surface area contributed by atoms with Crippen molar-refractivity contribution in [1.82, 2.24) is 4.90 Å². The lowest BCUT2D eigenvalue weighted by atomic mass is 10.1. The lowest BCUT2D eigenvalue weighted by Gasteiger charge is -2.35. The zero-order valence-corrected chi connectivity index (χ0v) is 9.05. The van der Waals surface area contributed by atoms with Crippen LogP contribution < -0.4 is 0 Å². The molecule has 0 spiro atoms. The van der Waals surface area contributed by atoms with Crippen molar-refractivity contribution in [2.75, 3.05) is 6.54 Å². The maximum Gasteiger partial charge on any atom is 0.411 e. The highest BCUT2D eigenvalue weighted by molar-refractivity contribution is 5.97. The van der Waals surface area contributed by atoms with Crippen molar-refractivity contribution in [2.45, 2.75) is 19.6 Å². The Morgan fingerprint density at radius 3 is 2.69 bits per heavy atom. The molecule has 16 heavy (non-hydrogen) atoms. The van der Waals surface area contributed by atoms with E-state index in [-0.39, 0.29) is 25.0 Å². The topological polar surface area (TPSA) is 46.6 Å². The number of rotatable bonds is 2. The van der Waals surface area contributed by atoms with Gasteiger partial charge in [0, 0.05) is 0 Å². The monoisotopic (exact) mass is 219 g/mol. The number of nitrogens with zero attached hydrogens (tertiary/aromatic N) is 1. The third-order valence-corrected chi connectivity index (χ3v) is 2.70. The van der Waals surface area contributed by atoms with Crippen molar-refractivity contribution >= 4 is 11.9 Å². The normalized spacial score (nSPS) is 19.2. The van der Waals surface area contributed by atoms with Crippen LogP contribution in [0.15, 0.2) is 30.3 Å². The molecular weight excluding hydrogens is 206 g/mol. The molecular formula is C12H13NO3. The molecule has 0 bridgehead atoms. The third-order valence-electron chi connectivity index (χ3n) is 2.70. The predicted molar refractivity (Wildman–Crippen MR) is 57.8 cm³/mol. The van der Waals surface area contributed by atoms with Gasteiger partial charge in [-0.1, -0.05) is 30.3 Å². The molecule has 0 aliphatic carbocycles. The molecule has 0 aromatic heterocycles. The summed E-state index contributed by atoms with van der Waals surface area (Å²) in [7, 11) is 0. The SMILES string of the molecule is C[C@H]1C(=O)CN1C(=O)OCc1ccccc1. The summed E-state index contributed by atoms with van der Waals surface area (Å²) in [6, 6.07) is 9.12. The van der Waals surface area contributed by atoms with Crippen LogP contribution in [-0.2, 0) is 16.1 Å². The van der Waals surface area contributed by atoms with Gasteiger partial charge in [0.1, 0.15) is 6.61 Å². The van der Waals surface area contributed by atoms with Gasteiger partial charge >= 0.3 is 6.09 Å². The van der Waals surface area contributed by atoms with Gasteiger partial charge in [-0.25, -0.2) is 4.79 Å². The first kappa shape index (κ1) is 10.7. The standard InChI is InChI=1S/C12H13NO3/c1-9-11(14)7-13(9)12(15)16-8-10-5-3-2-4-6-10/h2-6,9H,7-8H2,1H3/t9-/m0/s1. The smallest absolute Gasteiger partial charge is 0.411 e. The molecule has 1 saturated heterocycles. The van der Waals surface area contributed by atoms with Gasteiger partial charge < -0.3 is 4.74 Å². The van der Waals surface area contributed by atoms with Crippen molar-refractivity contribution in [3.8, 4) is 0 Å². The summed E-state index contributed by atoms with van der Waals surface area (Å²) in [5.41, 5.74) is 0.940. The first-order valence-electron chi connectivity index (χ1n) is 5.18. The second kappa shape index (κ2) is 4.35. The highest BCUT2D eigenvalue weighted by atomic mass is 16.6. The van der Waals surface area contributed by atoms with Crippen LogP contribution >= 0.6 is 0 Å². The first-order chi connectivity index (χ1) is 7.68. The second-order valence-electron chi connectivity index (χ2n) is 3.81. The molecule has 4 nitrogen and oxygen atoms in total. The Morgan fingerprint density at radius 2 is 2.12 bits per heavy atom. The van der Waals surface area contributed by atoms with E-state index in [1.165, 1.54) is 4.90 Å². The molecule has 1 fully saturated rings. The highest BCUT2D eigenvalue weighted by Crippen LogP contribution is 2.14. The van der Waals surface area contributed by atoms with E-state index in [0.29, 0.717) is 0 Å². The fourth-order valence-electron chi connectivity index (χ4n) is 1.52. The molecule has 1 amide bonds. The van der Waals surface area contributed by atoms with Gasteiger partial charge in [-0.2, -0.15) is 0 Å². The Balaban J connectivity index is 1.83. The quantitative estimate of drug-likeness (QED) is 0.759. The molecule has 1 aromatic rings. The summed E-state index contributed by atoms with van der Waals surface area (Å²) in [6.45, 7) is 2.13. The number of ketones is 1. The van der Waals surface area contributed by atoms with Crippen LogP contribution in [0.25, 0.3) is 0 Å². The molecule has 0 unspecified atom stereocenters. The zero-order valence-electron chi connectivity index (χ0n) is 9.05. The van der Waals surface area contributed by atoms with E-state index in [9.17, 15) is 9.59 Å². The minimum absolute atomic E-state index is 0.0802. The van der Waals surface area contributed by atoms with Crippen LogP contribution in [0.2, 0.25) is 0 Å². The van der Waals surface area contributed by atoms with Crippen LogP contribution in [0.1, 0.15) is 12.5 Å². The minimum Gasteiger partial charge on any atom is -0.445 e. The van der Waals surface area contributed by atoms with Gasteiger partial charge in [0.25, 0.3) is 0 Å². The Hall–Kier alpha value is -1.84. The van der Waals surface area contributed by atoms with Crippen molar-refractivity contribution in [3.05, 3.63) is 35.9 Å². The van der Waals surface area contributed by atoms with Crippen LogP contribution in [0.5, 0.6) is 0 Å². The van der Waals surface area contributed by atoms with Crippen LogP contribution in [0, 0.1) is 0 Å². The number of hydrogen-bond acceptors (Lipinski definition) is 3. The maximum absolute atomic E-state index is 11.5. The number of ether oxygens (including phenoxy) is 1. The second-order valence-corrected chi connectivity index (χ2v) is 3.81. The average molecular weight is 219 g/mol. The highest BCUT2D eigenvalue weighted by Gasteiger charge is 2.37. The fraction of sp³-hybridized carbons (Fsp3) is 0.333. The van der Waals surface area contributed by atoms with E-state index in [0.717, 1.165) is 5.56 Å². The van der Waals surface area contributed by atoms with E-state index < -0.39 is 6.09 Å². The van der Waals surface area contributed by atoms with Crippen molar-refractivity contribution in [3.63, 3.8) is 0 Å². The van der Waals surface area contributed by atoms with E-state index >= 15 is 0 Å². The molecule has 84 valence electrons. The van der Waals surface area contributed by atoms with Gasteiger partial charge in [-0.3, -0.25) is 9.69 Å². The van der Waals surface area contributed by atoms with Gasteiger partial charge in [-0.05, 0) is 12.5 Å². The van der Waals surface area contributed by atoms with E-state index in [2.05, 4.69) is 0 Å². The maximum atomic E-state index is 11.5. The number of benzene rings is 1. The summed E-state index contributed by atoms with van der Waals surface area (Å²) in [5.74, 6) is 0.0802. The molecule has 1 heterocycles. The van der Waals surface area contributed by atoms with Gasteiger partial charge in [-0.15, -0.1) is 0 Å². The van der Waals surface area contributed by atoms with Crippen molar-refractivity contribution in [2.24, 2.45) is 0 Å². The fourth-order valence-corrected chi connectivity index (χ4v) is 1.52.